The van der Waals surface area contributed by atoms with Gasteiger partial charge < -0.3 is 9.64 Å². The summed E-state index contributed by atoms with van der Waals surface area (Å²) in [5, 5.41) is 0. The molecule has 1 saturated heterocycles. The minimum atomic E-state index is 0.307. The van der Waals surface area contributed by atoms with Crippen LogP contribution in [0.3, 0.4) is 0 Å². The topological polar surface area (TPSA) is 29.5 Å². The average molecular weight is 384 g/mol. The van der Waals surface area contributed by atoms with Crippen molar-refractivity contribution in [2.75, 3.05) is 19.7 Å². The van der Waals surface area contributed by atoms with Gasteiger partial charge in [0.15, 0.2) is 0 Å². The van der Waals surface area contributed by atoms with Crippen LogP contribution in [0, 0.1) is 17.3 Å². The molecular weight excluding hydrogens is 354 g/mol. The zero-order valence-corrected chi connectivity index (χ0v) is 15.9. The van der Waals surface area contributed by atoms with Gasteiger partial charge in [0.1, 0.15) is 0 Å². The molecule has 1 aliphatic heterocycles. The molecule has 1 amide bonds. The van der Waals surface area contributed by atoms with E-state index in [4.69, 9.17) is 4.74 Å². The molecule has 0 N–H and O–H groups in total. The molecule has 2 unspecified atom stereocenters. The van der Waals surface area contributed by atoms with Crippen molar-refractivity contribution in [2.45, 2.75) is 75.1 Å². The summed E-state index contributed by atoms with van der Waals surface area (Å²) in [6.07, 6.45) is 11.1. The number of nitrogens with zero attached hydrogens (tertiary/aromatic N) is 1. The molecule has 4 aliphatic carbocycles. The van der Waals surface area contributed by atoms with Gasteiger partial charge in [-0.25, -0.2) is 0 Å². The molecule has 3 nitrogen and oxygen atoms in total. The fourth-order valence-electron chi connectivity index (χ4n) is 6.48. The fourth-order valence-corrected chi connectivity index (χ4v) is 7.99. The summed E-state index contributed by atoms with van der Waals surface area (Å²) in [6.45, 7) is 4.64. The van der Waals surface area contributed by atoms with Crippen molar-refractivity contribution in [3.8, 4) is 0 Å². The molecule has 0 spiro atoms. The molecule has 0 radical (unpaired) electrons. The third-order valence-electron chi connectivity index (χ3n) is 6.83. The van der Waals surface area contributed by atoms with Gasteiger partial charge in [0.05, 0.1) is 6.10 Å². The van der Waals surface area contributed by atoms with Crippen molar-refractivity contribution >= 4 is 21.8 Å². The number of carbonyl (C=O) groups is 1. The van der Waals surface area contributed by atoms with Crippen LogP contribution in [0.15, 0.2) is 0 Å². The Balaban J connectivity index is 1.38. The highest BCUT2D eigenvalue weighted by Crippen LogP contribution is 2.65. The second-order valence-corrected chi connectivity index (χ2v) is 10.5. The Morgan fingerprint density at radius 2 is 1.83 bits per heavy atom. The number of halogens is 1. The molecule has 23 heavy (non-hydrogen) atoms. The molecule has 5 rings (SSSR count). The number of alkyl halides is 1. The summed E-state index contributed by atoms with van der Waals surface area (Å²) in [6, 6.07) is 0. The van der Waals surface area contributed by atoms with E-state index in [0.717, 1.165) is 50.8 Å². The van der Waals surface area contributed by atoms with Crippen molar-refractivity contribution in [2.24, 2.45) is 17.3 Å². The molecule has 5 fully saturated rings. The Morgan fingerprint density at radius 1 is 1.17 bits per heavy atom. The van der Waals surface area contributed by atoms with Gasteiger partial charge >= 0.3 is 0 Å². The minimum absolute atomic E-state index is 0.307. The lowest BCUT2D eigenvalue weighted by atomic mass is 9.48. The quantitative estimate of drug-likeness (QED) is 0.682. The van der Waals surface area contributed by atoms with Gasteiger partial charge in [0, 0.05) is 30.4 Å². The second kappa shape index (κ2) is 6.01. The number of hydrogen-bond donors (Lipinski definition) is 0. The van der Waals surface area contributed by atoms with Crippen molar-refractivity contribution in [1.29, 1.82) is 0 Å². The Kier molecular flexibility index (Phi) is 4.28. The highest BCUT2D eigenvalue weighted by molar-refractivity contribution is 9.10. The van der Waals surface area contributed by atoms with Gasteiger partial charge in [0.2, 0.25) is 5.91 Å². The lowest BCUT2D eigenvalue weighted by Gasteiger charge is -2.60. The largest absolute Gasteiger partial charge is 0.378 e. The van der Waals surface area contributed by atoms with E-state index in [0.29, 0.717) is 21.8 Å². The molecule has 4 saturated carbocycles. The van der Waals surface area contributed by atoms with Crippen LogP contribution in [0.4, 0.5) is 0 Å². The van der Waals surface area contributed by atoms with Gasteiger partial charge in [-0.1, -0.05) is 15.9 Å². The molecule has 1 heterocycles. The van der Waals surface area contributed by atoms with E-state index in [9.17, 15) is 4.79 Å². The molecule has 0 aromatic heterocycles. The SMILES string of the molecule is CCOC1CCN(C(=O)CC23CC4CC(CC(Br)(C4)C2)C3)CC1. The molecule has 5 aliphatic rings. The number of likely N-dealkylation sites (tertiary alicyclic amines) is 1. The van der Waals surface area contributed by atoms with E-state index >= 15 is 0 Å². The predicted octanol–water partition coefficient (Wildman–Crippen LogP) is 4.14. The van der Waals surface area contributed by atoms with Crippen molar-refractivity contribution in [3.05, 3.63) is 0 Å². The molecule has 2 atom stereocenters. The van der Waals surface area contributed by atoms with Crippen LogP contribution in [0.25, 0.3) is 0 Å². The normalized spacial score (nSPS) is 43.1. The van der Waals surface area contributed by atoms with Crippen LogP contribution in [0.5, 0.6) is 0 Å². The van der Waals surface area contributed by atoms with E-state index in [-0.39, 0.29) is 0 Å². The van der Waals surface area contributed by atoms with Crippen molar-refractivity contribution < 1.29 is 9.53 Å². The van der Waals surface area contributed by atoms with Crippen LogP contribution >= 0.6 is 15.9 Å². The van der Waals surface area contributed by atoms with E-state index in [1.807, 2.05) is 0 Å². The van der Waals surface area contributed by atoms with Gasteiger partial charge in [-0.2, -0.15) is 0 Å². The summed E-state index contributed by atoms with van der Waals surface area (Å²) < 4.78 is 6.07. The highest BCUT2D eigenvalue weighted by atomic mass is 79.9. The molecule has 0 aromatic rings. The van der Waals surface area contributed by atoms with Gasteiger partial charge in [0.25, 0.3) is 0 Å². The summed E-state index contributed by atoms with van der Waals surface area (Å²) in [7, 11) is 0. The summed E-state index contributed by atoms with van der Waals surface area (Å²) in [5.74, 6) is 2.15. The smallest absolute Gasteiger partial charge is 0.223 e. The zero-order valence-electron chi connectivity index (χ0n) is 14.4. The van der Waals surface area contributed by atoms with E-state index in [1.165, 1.54) is 38.5 Å². The fraction of sp³-hybridized carbons (Fsp3) is 0.947. The van der Waals surface area contributed by atoms with Crippen LogP contribution in [0.2, 0.25) is 0 Å². The highest BCUT2D eigenvalue weighted by Gasteiger charge is 2.57. The van der Waals surface area contributed by atoms with Crippen LogP contribution in [-0.2, 0) is 9.53 Å². The number of ether oxygens (including phenoxy) is 1. The Morgan fingerprint density at radius 3 is 2.39 bits per heavy atom. The van der Waals surface area contributed by atoms with Crippen molar-refractivity contribution in [1.82, 2.24) is 4.90 Å². The van der Waals surface area contributed by atoms with Gasteiger partial charge in [-0.3, -0.25) is 4.79 Å². The van der Waals surface area contributed by atoms with E-state index in [1.54, 1.807) is 0 Å². The number of amides is 1. The third kappa shape index (κ3) is 3.22. The van der Waals surface area contributed by atoms with Crippen LogP contribution < -0.4 is 0 Å². The summed E-state index contributed by atoms with van der Waals surface area (Å²) in [4.78, 5) is 15.0. The van der Waals surface area contributed by atoms with Crippen molar-refractivity contribution in [3.63, 3.8) is 0 Å². The second-order valence-electron chi connectivity index (χ2n) is 8.82. The van der Waals surface area contributed by atoms with Gasteiger partial charge in [-0.05, 0) is 75.5 Å². The third-order valence-corrected chi connectivity index (χ3v) is 7.76. The Bertz CT molecular complexity index is 458. The van der Waals surface area contributed by atoms with Crippen LogP contribution in [-0.4, -0.2) is 40.9 Å². The molecule has 0 aromatic carbocycles. The average Bonchev–Trinajstić information content (AvgIpc) is 2.45. The maximum absolute atomic E-state index is 12.9. The van der Waals surface area contributed by atoms with E-state index in [2.05, 4.69) is 27.8 Å². The summed E-state index contributed by atoms with van der Waals surface area (Å²) >= 11 is 4.06. The zero-order chi connectivity index (χ0) is 16.1. The Hall–Kier alpha value is -0.0900. The molecular formula is C19H30BrNO2. The number of hydrogen-bond acceptors (Lipinski definition) is 2. The Labute approximate surface area is 148 Å². The minimum Gasteiger partial charge on any atom is -0.378 e. The summed E-state index contributed by atoms with van der Waals surface area (Å²) in [5.41, 5.74) is 0.307. The molecule has 4 bridgehead atoms. The number of piperidine rings is 1. The lowest BCUT2D eigenvalue weighted by molar-refractivity contribution is -0.140. The first-order chi connectivity index (χ1) is 11.0. The first-order valence-electron chi connectivity index (χ1n) is 9.58. The molecule has 4 heteroatoms. The maximum atomic E-state index is 12.9. The van der Waals surface area contributed by atoms with E-state index < -0.39 is 0 Å². The first-order valence-corrected chi connectivity index (χ1v) is 10.4. The number of rotatable bonds is 4. The van der Waals surface area contributed by atoms with Gasteiger partial charge in [-0.15, -0.1) is 0 Å². The first kappa shape index (κ1) is 16.4. The van der Waals surface area contributed by atoms with Crippen LogP contribution in [0.1, 0.15) is 64.7 Å². The predicted molar refractivity (Wildman–Crippen MR) is 94.6 cm³/mol. The monoisotopic (exact) mass is 383 g/mol. The standard InChI is InChI=1S/C19H30BrNO2/c1-2-23-16-3-5-21(6-4-16)17(22)12-18-8-14-7-15(9-18)11-19(20,10-14)13-18/h14-16H,2-13H2,1H3. The molecule has 130 valence electrons. The maximum Gasteiger partial charge on any atom is 0.223 e. The number of carbonyl (C=O) groups excluding carboxylic acids is 1. The lowest BCUT2D eigenvalue weighted by Crippen LogP contribution is -2.54.